The Hall–Kier alpha value is -0.870. The molecule has 0 aliphatic carbocycles. The highest BCUT2D eigenvalue weighted by Crippen LogP contribution is 2.19. The highest BCUT2D eigenvalue weighted by atomic mass is 35.5. The van der Waals surface area contributed by atoms with Crippen LogP contribution in [0.4, 0.5) is 5.82 Å². The first-order valence-electron chi connectivity index (χ1n) is 6.56. The summed E-state index contributed by atoms with van der Waals surface area (Å²) in [5.74, 6) is 1.40. The Kier molecular flexibility index (Phi) is 4.78. The maximum absolute atomic E-state index is 5.74. The zero-order valence-corrected chi connectivity index (χ0v) is 11.9. The van der Waals surface area contributed by atoms with Crippen molar-refractivity contribution in [3.63, 3.8) is 0 Å². The molecule has 0 amide bonds. The van der Waals surface area contributed by atoms with Crippen molar-refractivity contribution in [2.24, 2.45) is 0 Å². The Labute approximate surface area is 114 Å². The maximum atomic E-state index is 5.74. The highest BCUT2D eigenvalue weighted by molar-refractivity contribution is 6.16. The molecule has 100 valence electrons. The quantitative estimate of drug-likeness (QED) is 0.787. The van der Waals surface area contributed by atoms with Crippen LogP contribution in [0.25, 0.3) is 0 Å². The lowest BCUT2D eigenvalue weighted by Gasteiger charge is -2.30. The molecule has 0 spiro atoms. The van der Waals surface area contributed by atoms with Crippen LogP contribution in [-0.4, -0.2) is 47.6 Å². The number of hydrogen-bond acceptors (Lipinski definition) is 4. The number of likely N-dealkylation sites (N-methyl/N-ethyl adjacent to an activating group) is 1. The van der Waals surface area contributed by atoms with E-state index < -0.39 is 0 Å². The van der Waals surface area contributed by atoms with Gasteiger partial charge >= 0.3 is 0 Å². The molecule has 0 N–H and O–H groups in total. The largest absolute Gasteiger partial charge is 0.351 e. The molecule has 1 unspecified atom stereocenters. The van der Waals surface area contributed by atoms with Gasteiger partial charge in [-0.25, -0.2) is 4.98 Å². The number of alkyl halides is 1. The van der Waals surface area contributed by atoms with Crippen molar-refractivity contribution in [3.05, 3.63) is 18.1 Å². The van der Waals surface area contributed by atoms with Crippen LogP contribution in [0.15, 0.2) is 12.4 Å². The summed E-state index contributed by atoms with van der Waals surface area (Å²) >= 11 is 5.74. The number of aromatic nitrogens is 2. The molecule has 1 aliphatic rings. The van der Waals surface area contributed by atoms with Gasteiger partial charge in [-0.2, -0.15) is 0 Å². The summed E-state index contributed by atoms with van der Waals surface area (Å²) in [6.07, 6.45) is 5.94. The van der Waals surface area contributed by atoms with E-state index in [1.165, 1.54) is 6.42 Å². The Morgan fingerprint density at radius 1 is 1.33 bits per heavy atom. The molecule has 1 aromatic rings. The molecular weight excluding hydrogens is 248 g/mol. The van der Waals surface area contributed by atoms with E-state index in [0.29, 0.717) is 11.9 Å². The minimum Gasteiger partial charge on any atom is -0.351 e. The standard InChI is InChI=1S/C13H21ClN4/c1-3-12-10-17(2)5-4-6-18(12)13-9-15-11(7-14)8-16-13/h8-9,12H,3-7,10H2,1-2H3. The van der Waals surface area contributed by atoms with Crippen LogP contribution in [0.3, 0.4) is 0 Å². The fourth-order valence-electron chi connectivity index (χ4n) is 2.46. The van der Waals surface area contributed by atoms with Crippen molar-refractivity contribution in [1.82, 2.24) is 14.9 Å². The minimum atomic E-state index is 0.424. The first-order valence-corrected chi connectivity index (χ1v) is 7.10. The average molecular weight is 269 g/mol. The summed E-state index contributed by atoms with van der Waals surface area (Å²) < 4.78 is 0. The lowest BCUT2D eigenvalue weighted by atomic mass is 10.2. The van der Waals surface area contributed by atoms with Crippen molar-refractivity contribution < 1.29 is 0 Å². The zero-order chi connectivity index (χ0) is 13.0. The normalized spacial score (nSPS) is 21.9. The first-order chi connectivity index (χ1) is 8.74. The number of halogens is 1. The van der Waals surface area contributed by atoms with E-state index in [1.807, 2.05) is 6.20 Å². The van der Waals surface area contributed by atoms with Crippen molar-refractivity contribution in [3.8, 4) is 0 Å². The lowest BCUT2D eigenvalue weighted by molar-refractivity contribution is 0.327. The smallest absolute Gasteiger partial charge is 0.147 e. The number of anilines is 1. The first kappa shape index (κ1) is 13.6. The molecule has 1 atom stereocenters. The lowest BCUT2D eigenvalue weighted by Crippen LogP contribution is -2.40. The van der Waals surface area contributed by atoms with E-state index in [0.717, 1.165) is 37.6 Å². The van der Waals surface area contributed by atoms with Gasteiger partial charge in [0.2, 0.25) is 0 Å². The Balaban J connectivity index is 2.17. The third-order valence-electron chi connectivity index (χ3n) is 3.50. The maximum Gasteiger partial charge on any atom is 0.147 e. The summed E-state index contributed by atoms with van der Waals surface area (Å²) in [7, 11) is 2.19. The van der Waals surface area contributed by atoms with Crippen molar-refractivity contribution >= 4 is 17.4 Å². The minimum absolute atomic E-state index is 0.424. The van der Waals surface area contributed by atoms with Crippen LogP contribution in [0.1, 0.15) is 25.5 Å². The predicted octanol–water partition coefficient (Wildman–Crippen LogP) is 2.14. The summed E-state index contributed by atoms with van der Waals surface area (Å²) in [5, 5.41) is 0. The summed E-state index contributed by atoms with van der Waals surface area (Å²) in [6, 6.07) is 0.522. The van der Waals surface area contributed by atoms with E-state index in [9.17, 15) is 0 Å². The fourth-order valence-corrected chi connectivity index (χ4v) is 2.60. The van der Waals surface area contributed by atoms with Gasteiger partial charge in [0, 0.05) is 19.1 Å². The van der Waals surface area contributed by atoms with Gasteiger partial charge in [-0.05, 0) is 26.4 Å². The fraction of sp³-hybridized carbons (Fsp3) is 0.692. The van der Waals surface area contributed by atoms with Gasteiger partial charge in [0.1, 0.15) is 5.82 Å². The monoisotopic (exact) mass is 268 g/mol. The number of nitrogens with zero attached hydrogens (tertiary/aromatic N) is 4. The molecule has 0 radical (unpaired) electrons. The van der Waals surface area contributed by atoms with Crippen LogP contribution in [0.5, 0.6) is 0 Å². The van der Waals surface area contributed by atoms with Gasteiger partial charge in [0.25, 0.3) is 0 Å². The van der Waals surface area contributed by atoms with Crippen LogP contribution in [0, 0.1) is 0 Å². The number of hydrogen-bond donors (Lipinski definition) is 0. The molecule has 1 saturated heterocycles. The molecular formula is C13H21ClN4. The molecule has 0 saturated carbocycles. The Morgan fingerprint density at radius 3 is 2.78 bits per heavy atom. The molecule has 4 nitrogen and oxygen atoms in total. The second-order valence-corrected chi connectivity index (χ2v) is 5.14. The second-order valence-electron chi connectivity index (χ2n) is 4.87. The van der Waals surface area contributed by atoms with Crippen molar-refractivity contribution in [2.45, 2.75) is 31.7 Å². The second kappa shape index (κ2) is 6.34. The van der Waals surface area contributed by atoms with Gasteiger partial charge in [-0.3, -0.25) is 4.98 Å². The summed E-state index contributed by atoms with van der Waals surface area (Å²) in [6.45, 7) is 5.53. The Bertz CT molecular complexity index is 368. The van der Waals surface area contributed by atoms with Gasteiger partial charge < -0.3 is 9.80 Å². The summed E-state index contributed by atoms with van der Waals surface area (Å²) in [4.78, 5) is 13.6. The van der Waals surface area contributed by atoms with E-state index in [-0.39, 0.29) is 0 Å². The van der Waals surface area contributed by atoms with Crippen LogP contribution >= 0.6 is 11.6 Å². The molecule has 1 fully saturated rings. The van der Waals surface area contributed by atoms with Crippen molar-refractivity contribution in [1.29, 1.82) is 0 Å². The summed E-state index contributed by atoms with van der Waals surface area (Å²) in [5.41, 5.74) is 0.834. The topological polar surface area (TPSA) is 32.3 Å². The van der Waals surface area contributed by atoms with Crippen molar-refractivity contribution in [2.75, 3.05) is 31.6 Å². The molecule has 2 rings (SSSR count). The molecule has 0 aromatic carbocycles. The molecule has 2 heterocycles. The van der Waals surface area contributed by atoms with Crippen LogP contribution in [0.2, 0.25) is 0 Å². The van der Waals surface area contributed by atoms with E-state index >= 15 is 0 Å². The van der Waals surface area contributed by atoms with E-state index in [1.54, 1.807) is 6.20 Å². The Morgan fingerprint density at radius 2 is 2.17 bits per heavy atom. The third kappa shape index (κ3) is 3.12. The SMILES string of the molecule is CCC1CN(C)CCCN1c1cnc(CCl)cn1. The van der Waals surface area contributed by atoms with Crippen LogP contribution in [-0.2, 0) is 5.88 Å². The molecule has 0 bridgehead atoms. The van der Waals surface area contributed by atoms with E-state index in [4.69, 9.17) is 11.6 Å². The van der Waals surface area contributed by atoms with Gasteiger partial charge in [0.05, 0.1) is 24.0 Å². The predicted molar refractivity (Wildman–Crippen MR) is 75.1 cm³/mol. The highest BCUT2D eigenvalue weighted by Gasteiger charge is 2.23. The van der Waals surface area contributed by atoms with Gasteiger partial charge in [-0.1, -0.05) is 6.92 Å². The van der Waals surface area contributed by atoms with Crippen LogP contribution < -0.4 is 4.90 Å². The molecule has 1 aromatic heterocycles. The average Bonchev–Trinajstić information content (AvgIpc) is 2.60. The molecule has 5 heteroatoms. The third-order valence-corrected chi connectivity index (χ3v) is 3.77. The molecule has 18 heavy (non-hydrogen) atoms. The van der Waals surface area contributed by atoms with Gasteiger partial charge in [-0.15, -0.1) is 11.6 Å². The number of rotatable bonds is 3. The zero-order valence-electron chi connectivity index (χ0n) is 11.1. The van der Waals surface area contributed by atoms with E-state index in [2.05, 4.69) is 33.7 Å². The van der Waals surface area contributed by atoms with Gasteiger partial charge in [0.15, 0.2) is 0 Å². The molecule has 1 aliphatic heterocycles.